The highest BCUT2D eigenvalue weighted by molar-refractivity contribution is 5.64. The second-order valence-corrected chi connectivity index (χ2v) is 3.91. The number of amides is 1. The molecule has 1 rings (SSSR count). The Bertz CT molecular complexity index is 259. The molecule has 0 saturated heterocycles. The molecule has 4 heteroatoms. The third kappa shape index (κ3) is 3.75. The van der Waals surface area contributed by atoms with Crippen LogP contribution in [0.25, 0.3) is 0 Å². The zero-order valence-electron chi connectivity index (χ0n) is 8.83. The maximum Gasteiger partial charge on any atom is 0.404 e. The van der Waals surface area contributed by atoms with E-state index in [0.29, 0.717) is 13.0 Å². The van der Waals surface area contributed by atoms with Crippen LogP contribution in [-0.4, -0.2) is 29.3 Å². The van der Waals surface area contributed by atoms with E-state index in [1.807, 2.05) is 6.08 Å². The summed E-state index contributed by atoms with van der Waals surface area (Å²) in [5.41, 5.74) is 0.0552. The number of nitrogens with one attached hydrogen (secondary N) is 2. The van der Waals surface area contributed by atoms with E-state index in [1.54, 1.807) is 6.08 Å². The molecule has 1 fully saturated rings. The molecule has 84 valence electrons. The van der Waals surface area contributed by atoms with Gasteiger partial charge < -0.3 is 15.7 Å². The first-order chi connectivity index (χ1) is 7.12. The van der Waals surface area contributed by atoms with Crippen LogP contribution in [0.3, 0.4) is 0 Å². The maximum atomic E-state index is 10.5. The predicted octanol–water partition coefficient (Wildman–Crippen LogP) is 1.51. The maximum absolute atomic E-state index is 10.5. The van der Waals surface area contributed by atoms with Gasteiger partial charge in [-0.15, -0.1) is 13.2 Å². The lowest BCUT2D eigenvalue weighted by atomic mass is 10.2. The highest BCUT2D eigenvalue weighted by Crippen LogP contribution is 2.36. The average molecular weight is 210 g/mol. The van der Waals surface area contributed by atoms with Crippen molar-refractivity contribution in [1.29, 1.82) is 0 Å². The Morgan fingerprint density at radius 1 is 1.53 bits per heavy atom. The monoisotopic (exact) mass is 210 g/mol. The summed E-state index contributed by atoms with van der Waals surface area (Å²) in [7, 11) is 0. The van der Waals surface area contributed by atoms with Gasteiger partial charge in [-0.2, -0.15) is 0 Å². The summed E-state index contributed by atoms with van der Waals surface area (Å²) < 4.78 is 0. The zero-order valence-corrected chi connectivity index (χ0v) is 8.83. The van der Waals surface area contributed by atoms with Gasteiger partial charge in [-0.25, -0.2) is 4.79 Å². The van der Waals surface area contributed by atoms with Crippen molar-refractivity contribution in [3.8, 4) is 0 Å². The van der Waals surface area contributed by atoms with Crippen LogP contribution >= 0.6 is 0 Å². The average Bonchev–Trinajstić information content (AvgIpc) is 2.95. The van der Waals surface area contributed by atoms with Gasteiger partial charge in [0.05, 0.1) is 0 Å². The Morgan fingerprint density at radius 2 is 2.20 bits per heavy atom. The molecule has 1 aliphatic rings. The Morgan fingerprint density at radius 3 is 2.60 bits per heavy atom. The second-order valence-electron chi connectivity index (χ2n) is 3.91. The molecule has 1 amide bonds. The molecule has 0 spiro atoms. The Balaban J connectivity index is 2.33. The summed E-state index contributed by atoms with van der Waals surface area (Å²) in [5.74, 6) is 0. The molecule has 0 aliphatic heterocycles. The van der Waals surface area contributed by atoms with Crippen molar-refractivity contribution in [2.45, 2.75) is 30.8 Å². The summed E-state index contributed by atoms with van der Waals surface area (Å²) in [6, 6.07) is -0.113. The van der Waals surface area contributed by atoms with Crippen LogP contribution in [0.2, 0.25) is 0 Å². The molecule has 0 aromatic heterocycles. The van der Waals surface area contributed by atoms with Crippen LogP contribution in [0.5, 0.6) is 0 Å². The fraction of sp³-hybridized carbons (Fsp3) is 0.545. The van der Waals surface area contributed by atoms with Crippen LogP contribution in [0.1, 0.15) is 19.3 Å². The van der Waals surface area contributed by atoms with Crippen molar-refractivity contribution in [1.82, 2.24) is 10.6 Å². The molecule has 0 bridgehead atoms. The lowest BCUT2D eigenvalue weighted by Gasteiger charge is -2.19. The van der Waals surface area contributed by atoms with Gasteiger partial charge in [-0.05, 0) is 19.3 Å². The molecule has 1 unspecified atom stereocenters. The lowest BCUT2D eigenvalue weighted by Crippen LogP contribution is -2.44. The van der Waals surface area contributed by atoms with E-state index in [9.17, 15) is 4.79 Å². The predicted molar refractivity (Wildman–Crippen MR) is 59.9 cm³/mol. The molecule has 1 aliphatic carbocycles. The van der Waals surface area contributed by atoms with Gasteiger partial charge in [0.15, 0.2) is 0 Å². The number of carboxylic acid groups (broad SMARTS) is 1. The largest absolute Gasteiger partial charge is 0.465 e. The van der Waals surface area contributed by atoms with Gasteiger partial charge in [0.1, 0.15) is 0 Å². The molecular weight excluding hydrogens is 192 g/mol. The summed E-state index contributed by atoms with van der Waals surface area (Å²) in [6.45, 7) is 7.98. The van der Waals surface area contributed by atoms with Crippen LogP contribution in [0.15, 0.2) is 25.3 Å². The summed E-state index contributed by atoms with van der Waals surface area (Å²) in [5, 5.41) is 14.4. The number of hydrogen-bond acceptors (Lipinski definition) is 2. The molecule has 0 aromatic rings. The van der Waals surface area contributed by atoms with Gasteiger partial charge in [0.2, 0.25) is 0 Å². The molecule has 15 heavy (non-hydrogen) atoms. The van der Waals surface area contributed by atoms with Gasteiger partial charge in [-0.1, -0.05) is 12.2 Å². The summed E-state index contributed by atoms with van der Waals surface area (Å²) in [4.78, 5) is 10.5. The molecule has 4 nitrogen and oxygen atoms in total. The SMILES string of the molecule is C=CCC(CNC1(C=C)CC1)NC(=O)O. The van der Waals surface area contributed by atoms with E-state index in [2.05, 4.69) is 23.8 Å². The topological polar surface area (TPSA) is 61.4 Å². The lowest BCUT2D eigenvalue weighted by molar-refractivity contribution is 0.189. The van der Waals surface area contributed by atoms with Crippen LogP contribution < -0.4 is 10.6 Å². The van der Waals surface area contributed by atoms with Crippen LogP contribution in [0, 0.1) is 0 Å². The Labute approximate surface area is 90.1 Å². The highest BCUT2D eigenvalue weighted by atomic mass is 16.4. The number of carbonyl (C=O) groups is 1. The quantitative estimate of drug-likeness (QED) is 0.558. The smallest absolute Gasteiger partial charge is 0.404 e. The summed E-state index contributed by atoms with van der Waals surface area (Å²) >= 11 is 0. The molecular formula is C11H18N2O2. The molecule has 3 N–H and O–H groups in total. The van der Waals surface area contributed by atoms with Gasteiger partial charge in [0.25, 0.3) is 0 Å². The molecule has 0 heterocycles. The minimum Gasteiger partial charge on any atom is -0.465 e. The van der Waals surface area contributed by atoms with Crippen molar-refractivity contribution >= 4 is 6.09 Å². The normalized spacial score (nSPS) is 18.9. The zero-order chi connectivity index (χ0) is 11.3. The first-order valence-corrected chi connectivity index (χ1v) is 5.11. The molecule has 0 radical (unpaired) electrons. The van der Waals surface area contributed by atoms with Crippen molar-refractivity contribution in [3.63, 3.8) is 0 Å². The van der Waals surface area contributed by atoms with Crippen molar-refractivity contribution < 1.29 is 9.90 Å². The minimum atomic E-state index is -0.993. The summed E-state index contributed by atoms with van der Waals surface area (Å²) in [6.07, 6.45) is 5.43. The highest BCUT2D eigenvalue weighted by Gasteiger charge is 2.39. The van der Waals surface area contributed by atoms with E-state index in [4.69, 9.17) is 5.11 Å². The number of hydrogen-bond donors (Lipinski definition) is 3. The first-order valence-electron chi connectivity index (χ1n) is 5.11. The molecule has 1 saturated carbocycles. The van der Waals surface area contributed by atoms with Crippen molar-refractivity contribution in [2.24, 2.45) is 0 Å². The molecule has 1 atom stereocenters. The van der Waals surface area contributed by atoms with Crippen LogP contribution in [0.4, 0.5) is 4.79 Å². The fourth-order valence-corrected chi connectivity index (χ4v) is 1.48. The van der Waals surface area contributed by atoms with Gasteiger partial charge in [0, 0.05) is 18.1 Å². The van der Waals surface area contributed by atoms with Crippen molar-refractivity contribution in [3.05, 3.63) is 25.3 Å². The van der Waals surface area contributed by atoms with E-state index in [1.165, 1.54) is 0 Å². The van der Waals surface area contributed by atoms with E-state index < -0.39 is 6.09 Å². The van der Waals surface area contributed by atoms with Crippen molar-refractivity contribution in [2.75, 3.05) is 6.54 Å². The fourth-order valence-electron chi connectivity index (χ4n) is 1.48. The van der Waals surface area contributed by atoms with Gasteiger partial charge >= 0.3 is 6.09 Å². The van der Waals surface area contributed by atoms with E-state index in [0.717, 1.165) is 12.8 Å². The Kier molecular flexibility index (Phi) is 3.91. The minimum absolute atomic E-state index is 0.0552. The number of rotatable bonds is 7. The standard InChI is InChI=1S/C11H18N2O2/c1-3-5-9(13-10(14)15)8-12-11(4-2)6-7-11/h3-4,9,12-13H,1-2,5-8H2,(H,14,15). The Hall–Kier alpha value is -1.29. The van der Waals surface area contributed by atoms with Crippen LogP contribution in [-0.2, 0) is 0 Å². The van der Waals surface area contributed by atoms with E-state index >= 15 is 0 Å². The molecule has 0 aromatic carbocycles. The second kappa shape index (κ2) is 4.98. The first kappa shape index (κ1) is 11.8. The van der Waals surface area contributed by atoms with Gasteiger partial charge in [-0.3, -0.25) is 0 Å². The van der Waals surface area contributed by atoms with E-state index in [-0.39, 0.29) is 11.6 Å². The third-order valence-electron chi connectivity index (χ3n) is 2.66. The third-order valence-corrected chi connectivity index (χ3v) is 2.66.